The molecule has 3 heteroatoms. The first-order valence-corrected chi connectivity index (χ1v) is 9.01. The first-order valence-electron chi connectivity index (χ1n) is 9.01. The second-order valence-corrected chi connectivity index (χ2v) is 6.65. The van der Waals surface area contributed by atoms with E-state index < -0.39 is 0 Å². The van der Waals surface area contributed by atoms with Gasteiger partial charge in [0.15, 0.2) is 0 Å². The molecule has 0 aliphatic carbocycles. The van der Waals surface area contributed by atoms with Crippen LogP contribution in [0.25, 0.3) is 6.08 Å². The summed E-state index contributed by atoms with van der Waals surface area (Å²) in [6, 6.07) is 18.8. The van der Waals surface area contributed by atoms with E-state index in [9.17, 15) is 4.79 Å². The fraction of sp³-hybridized carbons (Fsp3) is 0.318. The highest BCUT2D eigenvalue weighted by atomic mass is 16.2. The number of hydrogen-bond donors (Lipinski definition) is 0. The van der Waals surface area contributed by atoms with Gasteiger partial charge in [-0.1, -0.05) is 60.2 Å². The number of benzene rings is 2. The van der Waals surface area contributed by atoms with Crippen LogP contribution in [-0.4, -0.2) is 48.4 Å². The maximum atomic E-state index is 12.4. The Morgan fingerprint density at radius 3 is 2.48 bits per heavy atom. The van der Waals surface area contributed by atoms with Crippen LogP contribution in [-0.2, 0) is 11.2 Å². The van der Waals surface area contributed by atoms with Crippen LogP contribution in [0.15, 0.2) is 60.7 Å². The standard InChI is InChI=1S/C22H26N2O/c1-19-6-5-9-21(18-19)10-11-22(25)24-16-14-23(15-17-24)13-12-20-7-3-2-4-8-20/h2-11,18H,12-17H2,1H3/b11-10+. The molecule has 1 aliphatic heterocycles. The molecule has 25 heavy (non-hydrogen) atoms. The summed E-state index contributed by atoms with van der Waals surface area (Å²) in [5, 5.41) is 0. The molecule has 1 aliphatic rings. The minimum absolute atomic E-state index is 0.115. The third kappa shape index (κ3) is 5.30. The summed E-state index contributed by atoms with van der Waals surface area (Å²) in [4.78, 5) is 16.8. The minimum atomic E-state index is 0.115. The first kappa shape index (κ1) is 17.4. The van der Waals surface area contributed by atoms with E-state index in [1.807, 2.05) is 23.1 Å². The van der Waals surface area contributed by atoms with Crippen molar-refractivity contribution < 1.29 is 4.79 Å². The van der Waals surface area contributed by atoms with Crippen LogP contribution in [0.5, 0.6) is 0 Å². The highest BCUT2D eigenvalue weighted by Crippen LogP contribution is 2.09. The van der Waals surface area contributed by atoms with Gasteiger partial charge in [0.05, 0.1) is 0 Å². The number of piperazine rings is 1. The van der Waals surface area contributed by atoms with E-state index in [4.69, 9.17) is 0 Å². The van der Waals surface area contributed by atoms with E-state index in [2.05, 4.69) is 54.3 Å². The van der Waals surface area contributed by atoms with Crippen molar-refractivity contribution in [3.63, 3.8) is 0 Å². The van der Waals surface area contributed by atoms with E-state index in [0.29, 0.717) is 0 Å². The fourth-order valence-electron chi connectivity index (χ4n) is 3.17. The molecule has 0 aromatic heterocycles. The maximum Gasteiger partial charge on any atom is 0.246 e. The minimum Gasteiger partial charge on any atom is -0.337 e. The summed E-state index contributed by atoms with van der Waals surface area (Å²) < 4.78 is 0. The summed E-state index contributed by atoms with van der Waals surface area (Å²) >= 11 is 0. The molecule has 0 bridgehead atoms. The summed E-state index contributed by atoms with van der Waals surface area (Å²) in [6.07, 6.45) is 4.69. The monoisotopic (exact) mass is 334 g/mol. The molecule has 0 spiro atoms. The third-order valence-electron chi connectivity index (χ3n) is 4.70. The highest BCUT2D eigenvalue weighted by molar-refractivity contribution is 5.91. The van der Waals surface area contributed by atoms with Gasteiger partial charge in [0.1, 0.15) is 0 Å². The van der Waals surface area contributed by atoms with Gasteiger partial charge in [0.2, 0.25) is 5.91 Å². The molecule has 2 aromatic carbocycles. The Hall–Kier alpha value is -2.39. The summed E-state index contributed by atoms with van der Waals surface area (Å²) in [6.45, 7) is 6.66. The molecule has 2 aromatic rings. The normalized spacial score (nSPS) is 15.6. The van der Waals surface area contributed by atoms with E-state index in [0.717, 1.165) is 44.7 Å². The Balaban J connectivity index is 1.44. The lowest BCUT2D eigenvalue weighted by molar-refractivity contribution is -0.127. The summed E-state index contributed by atoms with van der Waals surface area (Å²) in [7, 11) is 0. The average Bonchev–Trinajstić information content (AvgIpc) is 2.66. The molecule has 0 saturated carbocycles. The van der Waals surface area contributed by atoms with Crippen LogP contribution in [0.1, 0.15) is 16.7 Å². The van der Waals surface area contributed by atoms with Gasteiger partial charge in [0.25, 0.3) is 0 Å². The Morgan fingerprint density at radius 1 is 1.00 bits per heavy atom. The number of carbonyl (C=O) groups is 1. The van der Waals surface area contributed by atoms with Gasteiger partial charge in [-0.15, -0.1) is 0 Å². The molecule has 0 atom stereocenters. The molecular weight excluding hydrogens is 308 g/mol. The van der Waals surface area contributed by atoms with Crippen LogP contribution in [0, 0.1) is 6.92 Å². The van der Waals surface area contributed by atoms with Crippen molar-refractivity contribution in [1.82, 2.24) is 9.80 Å². The lowest BCUT2D eigenvalue weighted by atomic mass is 10.1. The predicted molar refractivity (Wildman–Crippen MR) is 103 cm³/mol. The maximum absolute atomic E-state index is 12.4. The smallest absolute Gasteiger partial charge is 0.246 e. The molecule has 1 heterocycles. The SMILES string of the molecule is Cc1cccc(/C=C/C(=O)N2CCN(CCc3ccccc3)CC2)c1. The molecule has 130 valence electrons. The van der Waals surface area contributed by atoms with E-state index in [1.165, 1.54) is 11.1 Å². The number of aryl methyl sites for hydroxylation is 1. The molecule has 0 unspecified atom stereocenters. The number of hydrogen-bond acceptors (Lipinski definition) is 2. The fourth-order valence-corrected chi connectivity index (χ4v) is 3.17. The van der Waals surface area contributed by atoms with Crippen molar-refractivity contribution in [2.45, 2.75) is 13.3 Å². The van der Waals surface area contributed by atoms with Crippen molar-refractivity contribution in [2.75, 3.05) is 32.7 Å². The molecule has 3 rings (SSSR count). The van der Waals surface area contributed by atoms with Gasteiger partial charge >= 0.3 is 0 Å². The first-order chi connectivity index (χ1) is 12.2. The van der Waals surface area contributed by atoms with E-state index in [1.54, 1.807) is 6.08 Å². The average molecular weight is 334 g/mol. The number of amides is 1. The lowest BCUT2D eigenvalue weighted by Crippen LogP contribution is -2.48. The van der Waals surface area contributed by atoms with Crippen LogP contribution in [0.4, 0.5) is 0 Å². The second-order valence-electron chi connectivity index (χ2n) is 6.65. The van der Waals surface area contributed by atoms with Crippen LogP contribution in [0.3, 0.4) is 0 Å². The van der Waals surface area contributed by atoms with Crippen molar-refractivity contribution in [2.24, 2.45) is 0 Å². The van der Waals surface area contributed by atoms with Crippen LogP contribution in [0.2, 0.25) is 0 Å². The predicted octanol–water partition coefficient (Wildman–Crippen LogP) is 3.40. The Kier molecular flexibility index (Phi) is 6.02. The van der Waals surface area contributed by atoms with Crippen molar-refractivity contribution >= 4 is 12.0 Å². The van der Waals surface area contributed by atoms with Gasteiger partial charge in [-0.3, -0.25) is 9.69 Å². The molecule has 1 fully saturated rings. The van der Waals surface area contributed by atoms with Gasteiger partial charge in [-0.2, -0.15) is 0 Å². The number of rotatable bonds is 5. The van der Waals surface area contributed by atoms with Crippen LogP contribution >= 0.6 is 0 Å². The van der Waals surface area contributed by atoms with E-state index in [-0.39, 0.29) is 5.91 Å². The molecule has 0 N–H and O–H groups in total. The quantitative estimate of drug-likeness (QED) is 0.783. The molecule has 1 saturated heterocycles. The van der Waals surface area contributed by atoms with Gasteiger partial charge in [-0.05, 0) is 30.5 Å². The zero-order chi connectivity index (χ0) is 17.5. The zero-order valence-electron chi connectivity index (χ0n) is 14.9. The van der Waals surface area contributed by atoms with Crippen LogP contribution < -0.4 is 0 Å². The second kappa shape index (κ2) is 8.63. The third-order valence-corrected chi connectivity index (χ3v) is 4.70. The molecular formula is C22H26N2O. The summed E-state index contributed by atoms with van der Waals surface area (Å²) in [5.41, 5.74) is 3.67. The van der Waals surface area contributed by atoms with Crippen molar-refractivity contribution in [3.05, 3.63) is 77.4 Å². The zero-order valence-corrected chi connectivity index (χ0v) is 14.9. The van der Waals surface area contributed by atoms with Gasteiger partial charge < -0.3 is 4.90 Å². The molecule has 1 amide bonds. The number of carbonyl (C=O) groups excluding carboxylic acids is 1. The Bertz CT molecular complexity index is 716. The largest absolute Gasteiger partial charge is 0.337 e. The molecule has 0 radical (unpaired) electrons. The van der Waals surface area contributed by atoms with Gasteiger partial charge in [0, 0.05) is 38.8 Å². The van der Waals surface area contributed by atoms with Crippen molar-refractivity contribution in [3.8, 4) is 0 Å². The highest BCUT2D eigenvalue weighted by Gasteiger charge is 2.19. The molecule has 3 nitrogen and oxygen atoms in total. The topological polar surface area (TPSA) is 23.6 Å². The summed E-state index contributed by atoms with van der Waals surface area (Å²) in [5.74, 6) is 0.115. The number of nitrogens with zero attached hydrogens (tertiary/aromatic N) is 2. The van der Waals surface area contributed by atoms with E-state index >= 15 is 0 Å². The Morgan fingerprint density at radius 2 is 1.76 bits per heavy atom. The van der Waals surface area contributed by atoms with Crippen molar-refractivity contribution in [1.29, 1.82) is 0 Å². The Labute approximate surface area is 150 Å². The lowest BCUT2D eigenvalue weighted by Gasteiger charge is -2.34. The van der Waals surface area contributed by atoms with Gasteiger partial charge in [-0.25, -0.2) is 0 Å².